The predicted octanol–water partition coefficient (Wildman–Crippen LogP) is -0.764. The van der Waals surface area contributed by atoms with E-state index in [2.05, 4.69) is 10.2 Å². The minimum atomic E-state index is -1.42. The molecule has 1 amide bonds. The number of carbonyl (C=O) groups is 2. The van der Waals surface area contributed by atoms with Crippen LogP contribution in [0.4, 0.5) is 0 Å². The van der Waals surface area contributed by atoms with Crippen LogP contribution in [0.5, 0.6) is 0 Å². The topological polar surface area (TPSA) is 69.6 Å². The number of carboxylic acids is 1. The van der Waals surface area contributed by atoms with Gasteiger partial charge in [0.25, 0.3) is 0 Å². The number of carbonyl (C=O) groups excluding carboxylic acids is 1. The van der Waals surface area contributed by atoms with Crippen LogP contribution in [0.2, 0.25) is 0 Å². The summed E-state index contributed by atoms with van der Waals surface area (Å²) in [5, 5.41) is 10.6. The van der Waals surface area contributed by atoms with E-state index in [1.165, 1.54) is 0 Å². The van der Waals surface area contributed by atoms with Gasteiger partial charge in [-0.15, -0.1) is 0 Å². The zero-order valence-electron chi connectivity index (χ0n) is 7.86. The number of aliphatic carboxylic acids is 1. The van der Waals surface area contributed by atoms with Crippen LogP contribution in [0.3, 0.4) is 0 Å². The van der Waals surface area contributed by atoms with Gasteiger partial charge in [0.05, 0.1) is 0 Å². The first-order valence-corrected chi connectivity index (χ1v) is 5.67. The lowest BCUT2D eigenvalue weighted by atomic mass is 10.4. The van der Waals surface area contributed by atoms with Gasteiger partial charge in [0.2, 0.25) is 0 Å². The Kier molecular flexibility index (Phi) is 4.75. The minimum absolute atomic E-state index is 0.412. The molecule has 0 aromatic heterocycles. The van der Waals surface area contributed by atoms with E-state index in [-0.39, 0.29) is 0 Å². The standard InChI is InChI=1S/C8H14N2O3S/c11-7(8(12)13)9-1-2-10-3-5-14-6-4-10/h1-6H2,(H,9,11)(H,12,13). The summed E-state index contributed by atoms with van der Waals surface area (Å²) in [7, 11) is 0. The fourth-order valence-corrected chi connectivity index (χ4v) is 2.21. The van der Waals surface area contributed by atoms with Crippen molar-refractivity contribution >= 4 is 23.6 Å². The van der Waals surface area contributed by atoms with Crippen LogP contribution in [0.25, 0.3) is 0 Å². The SMILES string of the molecule is O=C(O)C(=O)NCCN1CCSCC1. The number of amides is 1. The molecule has 1 aliphatic rings. The van der Waals surface area contributed by atoms with Crippen molar-refractivity contribution in [3.8, 4) is 0 Å². The molecule has 14 heavy (non-hydrogen) atoms. The van der Waals surface area contributed by atoms with Crippen LogP contribution in [0.15, 0.2) is 0 Å². The van der Waals surface area contributed by atoms with E-state index < -0.39 is 11.9 Å². The molecule has 1 rings (SSSR count). The molecule has 0 aromatic rings. The summed E-state index contributed by atoms with van der Waals surface area (Å²) in [6, 6.07) is 0. The summed E-state index contributed by atoms with van der Waals surface area (Å²) < 4.78 is 0. The second-order valence-electron chi connectivity index (χ2n) is 3.02. The first-order valence-electron chi connectivity index (χ1n) is 4.51. The van der Waals surface area contributed by atoms with Crippen molar-refractivity contribution in [3.05, 3.63) is 0 Å². The molecule has 0 aliphatic carbocycles. The molecule has 0 bridgehead atoms. The molecule has 6 heteroatoms. The number of hydrogen-bond donors (Lipinski definition) is 2. The minimum Gasteiger partial charge on any atom is -0.474 e. The highest BCUT2D eigenvalue weighted by molar-refractivity contribution is 7.99. The van der Waals surface area contributed by atoms with Gasteiger partial charge in [-0.1, -0.05) is 0 Å². The Labute approximate surface area is 86.8 Å². The van der Waals surface area contributed by atoms with Crippen LogP contribution in [0.1, 0.15) is 0 Å². The monoisotopic (exact) mass is 218 g/mol. The van der Waals surface area contributed by atoms with Crippen LogP contribution in [0, 0.1) is 0 Å². The van der Waals surface area contributed by atoms with Crippen molar-refractivity contribution in [1.82, 2.24) is 10.2 Å². The van der Waals surface area contributed by atoms with E-state index in [0.29, 0.717) is 6.54 Å². The van der Waals surface area contributed by atoms with Gasteiger partial charge >= 0.3 is 11.9 Å². The van der Waals surface area contributed by atoms with Crippen molar-refractivity contribution < 1.29 is 14.7 Å². The molecule has 1 saturated heterocycles. The van der Waals surface area contributed by atoms with Crippen molar-refractivity contribution in [3.63, 3.8) is 0 Å². The summed E-state index contributed by atoms with van der Waals surface area (Å²) >= 11 is 1.92. The number of nitrogens with zero attached hydrogens (tertiary/aromatic N) is 1. The first kappa shape index (κ1) is 11.3. The fourth-order valence-electron chi connectivity index (χ4n) is 1.23. The Bertz CT molecular complexity index is 217. The molecular weight excluding hydrogens is 204 g/mol. The van der Waals surface area contributed by atoms with Crippen molar-refractivity contribution in [2.45, 2.75) is 0 Å². The zero-order chi connectivity index (χ0) is 10.4. The summed E-state index contributed by atoms with van der Waals surface area (Å²) in [5.41, 5.74) is 0. The van der Waals surface area contributed by atoms with E-state index in [4.69, 9.17) is 5.11 Å². The Hall–Kier alpha value is -0.750. The van der Waals surface area contributed by atoms with Gasteiger partial charge < -0.3 is 10.4 Å². The van der Waals surface area contributed by atoms with Gasteiger partial charge in [0, 0.05) is 37.7 Å². The molecule has 1 fully saturated rings. The van der Waals surface area contributed by atoms with Crippen molar-refractivity contribution in [2.24, 2.45) is 0 Å². The van der Waals surface area contributed by atoms with E-state index in [0.717, 1.165) is 31.1 Å². The highest BCUT2D eigenvalue weighted by Crippen LogP contribution is 2.07. The molecule has 0 unspecified atom stereocenters. The lowest BCUT2D eigenvalue weighted by molar-refractivity contribution is -0.150. The highest BCUT2D eigenvalue weighted by Gasteiger charge is 2.12. The lowest BCUT2D eigenvalue weighted by Crippen LogP contribution is -2.40. The Morgan fingerprint density at radius 3 is 2.57 bits per heavy atom. The zero-order valence-corrected chi connectivity index (χ0v) is 8.68. The van der Waals surface area contributed by atoms with Gasteiger partial charge in [-0.05, 0) is 0 Å². The third-order valence-electron chi connectivity index (χ3n) is 2.01. The lowest BCUT2D eigenvalue weighted by Gasteiger charge is -2.25. The quantitative estimate of drug-likeness (QED) is 0.609. The number of nitrogens with one attached hydrogen (secondary N) is 1. The van der Waals surface area contributed by atoms with Crippen LogP contribution >= 0.6 is 11.8 Å². The average Bonchev–Trinajstić information content (AvgIpc) is 2.19. The third-order valence-corrected chi connectivity index (χ3v) is 2.95. The molecular formula is C8H14N2O3S. The maximum absolute atomic E-state index is 10.7. The third kappa shape index (κ3) is 3.97. The maximum Gasteiger partial charge on any atom is 0.394 e. The smallest absolute Gasteiger partial charge is 0.394 e. The average molecular weight is 218 g/mol. The largest absolute Gasteiger partial charge is 0.474 e. The van der Waals surface area contributed by atoms with Gasteiger partial charge in [-0.3, -0.25) is 9.69 Å². The van der Waals surface area contributed by atoms with Crippen molar-refractivity contribution in [1.29, 1.82) is 0 Å². The van der Waals surface area contributed by atoms with Crippen LogP contribution in [-0.2, 0) is 9.59 Å². The maximum atomic E-state index is 10.7. The van der Waals surface area contributed by atoms with Crippen LogP contribution in [-0.4, -0.2) is 59.6 Å². The predicted molar refractivity (Wildman–Crippen MR) is 54.4 cm³/mol. The fraction of sp³-hybridized carbons (Fsp3) is 0.750. The molecule has 0 saturated carbocycles. The van der Waals surface area contributed by atoms with E-state index in [9.17, 15) is 9.59 Å². The van der Waals surface area contributed by atoms with Crippen LogP contribution < -0.4 is 5.32 Å². The Balaban J connectivity index is 2.08. The van der Waals surface area contributed by atoms with Gasteiger partial charge in [0.15, 0.2) is 0 Å². The molecule has 5 nitrogen and oxygen atoms in total. The Morgan fingerprint density at radius 2 is 2.00 bits per heavy atom. The van der Waals surface area contributed by atoms with Gasteiger partial charge in [-0.2, -0.15) is 11.8 Å². The number of thioether (sulfide) groups is 1. The second-order valence-corrected chi connectivity index (χ2v) is 4.24. The normalized spacial score (nSPS) is 17.7. The molecule has 1 heterocycles. The molecule has 0 atom stereocenters. The Morgan fingerprint density at radius 1 is 1.36 bits per heavy atom. The second kappa shape index (κ2) is 5.87. The molecule has 0 radical (unpaired) electrons. The summed E-state index contributed by atoms with van der Waals surface area (Å²) in [4.78, 5) is 23.0. The van der Waals surface area contributed by atoms with Gasteiger partial charge in [-0.25, -0.2) is 4.79 Å². The number of hydrogen-bond acceptors (Lipinski definition) is 4. The van der Waals surface area contributed by atoms with Gasteiger partial charge in [0.1, 0.15) is 0 Å². The van der Waals surface area contributed by atoms with E-state index >= 15 is 0 Å². The summed E-state index contributed by atoms with van der Waals surface area (Å²) in [6.07, 6.45) is 0. The summed E-state index contributed by atoms with van der Waals surface area (Å²) in [6.45, 7) is 3.19. The van der Waals surface area contributed by atoms with E-state index in [1.54, 1.807) is 0 Å². The molecule has 2 N–H and O–H groups in total. The summed E-state index contributed by atoms with van der Waals surface area (Å²) in [5.74, 6) is -0.102. The number of rotatable bonds is 3. The highest BCUT2D eigenvalue weighted by atomic mass is 32.2. The van der Waals surface area contributed by atoms with Crippen molar-refractivity contribution in [2.75, 3.05) is 37.7 Å². The first-order chi connectivity index (χ1) is 6.70. The van der Waals surface area contributed by atoms with E-state index in [1.807, 2.05) is 11.8 Å². The molecule has 0 spiro atoms. The molecule has 80 valence electrons. The number of carboxylic acid groups (broad SMARTS) is 1. The molecule has 1 aliphatic heterocycles. The molecule has 0 aromatic carbocycles.